The Labute approximate surface area is 104 Å². The summed E-state index contributed by atoms with van der Waals surface area (Å²) in [5, 5.41) is 1.15. The second-order valence-corrected chi connectivity index (χ2v) is 4.94. The van der Waals surface area contributed by atoms with Crippen molar-refractivity contribution < 1.29 is 4.74 Å². The van der Waals surface area contributed by atoms with Crippen molar-refractivity contribution in [1.82, 2.24) is 9.55 Å². The molecular formula is C9H8BrIN2O. The van der Waals surface area contributed by atoms with Gasteiger partial charge in [0, 0.05) is 32.9 Å². The van der Waals surface area contributed by atoms with Crippen LogP contribution < -0.4 is 4.74 Å². The molecule has 0 aliphatic heterocycles. The number of pyridine rings is 1. The van der Waals surface area contributed by atoms with E-state index in [0.29, 0.717) is 5.88 Å². The van der Waals surface area contributed by atoms with Crippen LogP contribution in [0.25, 0.3) is 10.9 Å². The third-order valence-electron chi connectivity index (χ3n) is 2.07. The fraction of sp³-hybridized carbons (Fsp3) is 0.222. The van der Waals surface area contributed by atoms with E-state index in [1.165, 1.54) is 3.57 Å². The van der Waals surface area contributed by atoms with E-state index in [4.69, 9.17) is 4.74 Å². The van der Waals surface area contributed by atoms with Gasteiger partial charge in [-0.05, 0) is 38.5 Å². The summed E-state index contributed by atoms with van der Waals surface area (Å²) in [6.07, 6.45) is 3.82. The van der Waals surface area contributed by atoms with Crippen LogP contribution >= 0.6 is 38.5 Å². The van der Waals surface area contributed by atoms with Crippen molar-refractivity contribution in [2.75, 3.05) is 7.11 Å². The molecule has 0 N–H and O–H groups in total. The van der Waals surface area contributed by atoms with Crippen molar-refractivity contribution >= 4 is 49.4 Å². The van der Waals surface area contributed by atoms with Crippen LogP contribution in [-0.2, 0) is 7.05 Å². The van der Waals surface area contributed by atoms with Gasteiger partial charge >= 0.3 is 0 Å². The highest BCUT2D eigenvalue weighted by molar-refractivity contribution is 14.1. The highest BCUT2D eigenvalue weighted by Crippen LogP contribution is 2.33. The fourth-order valence-corrected chi connectivity index (χ4v) is 3.30. The Morgan fingerprint density at radius 2 is 2.29 bits per heavy atom. The lowest BCUT2D eigenvalue weighted by molar-refractivity contribution is 0.401. The molecule has 0 spiro atoms. The molecule has 0 aliphatic carbocycles. The third kappa shape index (κ3) is 1.42. The van der Waals surface area contributed by atoms with Gasteiger partial charge in [0.2, 0.25) is 5.88 Å². The fourth-order valence-electron chi connectivity index (χ4n) is 1.46. The highest BCUT2D eigenvalue weighted by Gasteiger charge is 2.13. The molecule has 5 heteroatoms. The van der Waals surface area contributed by atoms with E-state index in [1.54, 1.807) is 13.3 Å². The summed E-state index contributed by atoms with van der Waals surface area (Å²) in [5.41, 5.74) is 1.02. The summed E-state index contributed by atoms with van der Waals surface area (Å²) >= 11 is 5.79. The van der Waals surface area contributed by atoms with E-state index in [2.05, 4.69) is 49.7 Å². The molecule has 2 aromatic rings. The topological polar surface area (TPSA) is 27.1 Å². The Morgan fingerprint density at radius 1 is 1.57 bits per heavy atom. The van der Waals surface area contributed by atoms with Crippen LogP contribution in [0.15, 0.2) is 16.9 Å². The lowest BCUT2D eigenvalue weighted by atomic mass is 10.3. The van der Waals surface area contributed by atoms with Gasteiger partial charge < -0.3 is 9.30 Å². The molecule has 0 saturated carbocycles. The van der Waals surface area contributed by atoms with Gasteiger partial charge in [-0.1, -0.05) is 0 Å². The first-order chi connectivity index (χ1) is 6.65. The smallest absolute Gasteiger partial charge is 0.238 e. The molecule has 3 nitrogen and oxygen atoms in total. The monoisotopic (exact) mass is 366 g/mol. The second kappa shape index (κ2) is 3.69. The van der Waals surface area contributed by atoms with Gasteiger partial charge in [-0.15, -0.1) is 0 Å². The number of nitrogens with zero attached hydrogens (tertiary/aromatic N) is 2. The molecule has 2 heterocycles. The van der Waals surface area contributed by atoms with Crippen molar-refractivity contribution in [1.29, 1.82) is 0 Å². The number of fused-ring (bicyclic) bond motifs is 1. The van der Waals surface area contributed by atoms with Gasteiger partial charge in [-0.25, -0.2) is 4.98 Å². The molecule has 14 heavy (non-hydrogen) atoms. The van der Waals surface area contributed by atoms with Crippen LogP contribution in [-0.4, -0.2) is 16.7 Å². The van der Waals surface area contributed by atoms with Gasteiger partial charge in [0.25, 0.3) is 0 Å². The molecule has 0 saturated heterocycles. The van der Waals surface area contributed by atoms with Crippen molar-refractivity contribution in [3.8, 4) is 5.88 Å². The predicted molar refractivity (Wildman–Crippen MR) is 67.7 cm³/mol. The molecule has 0 aromatic carbocycles. The summed E-state index contributed by atoms with van der Waals surface area (Å²) in [7, 11) is 3.62. The van der Waals surface area contributed by atoms with Gasteiger partial charge in [0.05, 0.1) is 7.11 Å². The van der Waals surface area contributed by atoms with Crippen molar-refractivity contribution in [3.05, 3.63) is 20.4 Å². The van der Waals surface area contributed by atoms with Crippen molar-refractivity contribution in [2.45, 2.75) is 0 Å². The molecule has 0 bridgehead atoms. The zero-order valence-corrected chi connectivity index (χ0v) is 11.5. The molecule has 2 aromatic heterocycles. The summed E-state index contributed by atoms with van der Waals surface area (Å²) in [6.45, 7) is 0. The minimum atomic E-state index is 0.661. The molecular weight excluding hydrogens is 359 g/mol. The Morgan fingerprint density at radius 3 is 2.93 bits per heavy atom. The van der Waals surface area contributed by atoms with Gasteiger partial charge in [-0.2, -0.15) is 0 Å². The van der Waals surface area contributed by atoms with Crippen LogP contribution in [0.5, 0.6) is 5.88 Å². The van der Waals surface area contributed by atoms with E-state index < -0.39 is 0 Å². The van der Waals surface area contributed by atoms with Crippen LogP contribution in [0.2, 0.25) is 0 Å². The average molecular weight is 367 g/mol. The number of halogens is 2. The Bertz CT molecular complexity index is 495. The normalized spacial score (nSPS) is 10.9. The van der Waals surface area contributed by atoms with Crippen LogP contribution in [0.3, 0.4) is 0 Å². The maximum absolute atomic E-state index is 5.22. The number of rotatable bonds is 1. The Kier molecular flexibility index (Phi) is 2.70. The van der Waals surface area contributed by atoms with Crippen molar-refractivity contribution in [2.24, 2.45) is 7.05 Å². The quantitative estimate of drug-likeness (QED) is 0.725. The molecule has 0 amide bonds. The largest absolute Gasteiger partial charge is 0.479 e. The zero-order chi connectivity index (χ0) is 10.3. The SMILES string of the molecule is COc1ncc(Br)c2c(I)cn(C)c12. The van der Waals surface area contributed by atoms with Crippen LogP contribution in [0.4, 0.5) is 0 Å². The minimum absolute atomic E-state index is 0.661. The highest BCUT2D eigenvalue weighted by atomic mass is 127. The number of hydrogen-bond acceptors (Lipinski definition) is 2. The lowest BCUT2D eigenvalue weighted by Gasteiger charge is -2.04. The summed E-state index contributed by atoms with van der Waals surface area (Å²) < 4.78 is 9.43. The minimum Gasteiger partial charge on any atom is -0.479 e. The zero-order valence-electron chi connectivity index (χ0n) is 7.71. The molecule has 74 valence electrons. The van der Waals surface area contributed by atoms with E-state index >= 15 is 0 Å². The number of ether oxygens (including phenoxy) is 1. The van der Waals surface area contributed by atoms with Gasteiger partial charge in [-0.3, -0.25) is 0 Å². The molecule has 0 aliphatic rings. The first-order valence-corrected chi connectivity index (χ1v) is 5.85. The van der Waals surface area contributed by atoms with Gasteiger partial charge in [0.15, 0.2) is 0 Å². The number of aryl methyl sites for hydroxylation is 1. The Hall–Kier alpha value is -0.300. The Balaban J connectivity index is 2.94. The summed E-state index contributed by atoms with van der Waals surface area (Å²) in [5.74, 6) is 0.661. The molecule has 0 fully saturated rings. The number of methoxy groups -OCH3 is 1. The van der Waals surface area contributed by atoms with E-state index in [1.807, 2.05) is 11.6 Å². The first kappa shape index (κ1) is 10.2. The molecule has 2 rings (SSSR count). The van der Waals surface area contributed by atoms with Crippen molar-refractivity contribution in [3.63, 3.8) is 0 Å². The predicted octanol–water partition coefficient (Wildman–Crippen LogP) is 2.95. The summed E-state index contributed by atoms with van der Waals surface area (Å²) in [6, 6.07) is 0. The number of hydrogen-bond donors (Lipinski definition) is 0. The van der Waals surface area contributed by atoms with Gasteiger partial charge in [0.1, 0.15) is 5.52 Å². The van der Waals surface area contributed by atoms with E-state index in [0.717, 1.165) is 15.4 Å². The summed E-state index contributed by atoms with van der Waals surface area (Å²) in [4.78, 5) is 4.21. The maximum atomic E-state index is 5.22. The third-order valence-corrected chi connectivity index (χ3v) is 3.48. The van der Waals surface area contributed by atoms with E-state index in [-0.39, 0.29) is 0 Å². The number of aromatic nitrogens is 2. The molecule has 0 radical (unpaired) electrons. The van der Waals surface area contributed by atoms with Crippen LogP contribution in [0.1, 0.15) is 0 Å². The van der Waals surface area contributed by atoms with E-state index in [9.17, 15) is 0 Å². The van der Waals surface area contributed by atoms with Crippen LogP contribution in [0, 0.1) is 3.57 Å². The average Bonchev–Trinajstić information content (AvgIpc) is 2.44. The second-order valence-electron chi connectivity index (χ2n) is 2.93. The maximum Gasteiger partial charge on any atom is 0.238 e. The first-order valence-electron chi connectivity index (χ1n) is 3.98. The standard InChI is InChI=1S/C9H8BrIN2O/c1-13-4-6(11)7-5(10)3-12-9(14-2)8(7)13/h3-4H,1-2H3. The lowest BCUT2D eigenvalue weighted by Crippen LogP contribution is -1.93. The molecule has 0 atom stereocenters. The molecule has 0 unspecified atom stereocenters.